The lowest BCUT2D eigenvalue weighted by atomic mass is 10.2. The average molecular weight is 409 g/mol. The Labute approximate surface area is 136 Å². The van der Waals surface area contributed by atoms with Crippen molar-refractivity contribution in [2.45, 2.75) is 31.7 Å². The number of rotatable bonds is 2. The topological polar surface area (TPSA) is 41.1 Å². The molecular weight excluding hydrogens is 395 g/mol. The molecule has 1 saturated carbocycles. The lowest BCUT2D eigenvalue weighted by molar-refractivity contribution is 0.0976. The largest absolute Gasteiger partial charge is 0.360 e. The van der Waals surface area contributed by atoms with Crippen molar-refractivity contribution >= 4 is 57.4 Å². The number of nitrogens with one attached hydrogen (secondary N) is 2. The van der Waals surface area contributed by atoms with Crippen LogP contribution in [0.5, 0.6) is 0 Å². The number of hydrogen-bond acceptors (Lipinski definition) is 2. The van der Waals surface area contributed by atoms with Crippen molar-refractivity contribution in [2.75, 3.05) is 0 Å². The molecule has 0 aliphatic heterocycles. The normalized spacial score (nSPS) is 15.3. The lowest BCUT2D eigenvalue weighted by Crippen LogP contribution is -2.43. The van der Waals surface area contributed by atoms with Gasteiger partial charge in [-0.15, -0.1) is 0 Å². The zero-order valence-corrected chi connectivity index (χ0v) is 13.9. The molecule has 0 saturated heterocycles. The predicted molar refractivity (Wildman–Crippen MR) is 89.6 cm³/mol. The van der Waals surface area contributed by atoms with Gasteiger partial charge in [-0.05, 0) is 65.8 Å². The zero-order valence-electron chi connectivity index (χ0n) is 10.2. The number of thiocarbonyl (C=S) groups is 1. The molecule has 0 spiro atoms. The van der Waals surface area contributed by atoms with Gasteiger partial charge in [0, 0.05) is 9.61 Å². The quantitative estimate of drug-likeness (QED) is 0.581. The van der Waals surface area contributed by atoms with Crippen LogP contribution in [0.25, 0.3) is 0 Å². The number of carbonyl (C=O) groups is 1. The van der Waals surface area contributed by atoms with Crippen molar-refractivity contribution < 1.29 is 4.79 Å². The second-order valence-corrected chi connectivity index (χ2v) is 6.59. The Bertz CT molecular complexity index is 503. The molecule has 2 N–H and O–H groups in total. The summed E-state index contributed by atoms with van der Waals surface area (Å²) in [6, 6.07) is 5.70. The number of amides is 1. The highest BCUT2D eigenvalue weighted by Gasteiger charge is 2.17. The molecular formula is C13H14ClIN2OS. The van der Waals surface area contributed by atoms with Crippen LogP contribution in [0.1, 0.15) is 36.0 Å². The van der Waals surface area contributed by atoms with E-state index < -0.39 is 0 Å². The van der Waals surface area contributed by atoms with E-state index >= 15 is 0 Å². The van der Waals surface area contributed by atoms with Crippen LogP contribution in [-0.4, -0.2) is 17.1 Å². The molecule has 19 heavy (non-hydrogen) atoms. The van der Waals surface area contributed by atoms with Gasteiger partial charge in [0.2, 0.25) is 0 Å². The van der Waals surface area contributed by atoms with Crippen molar-refractivity contribution in [2.24, 2.45) is 0 Å². The van der Waals surface area contributed by atoms with Gasteiger partial charge in [0.15, 0.2) is 5.11 Å². The van der Waals surface area contributed by atoms with E-state index in [1.807, 2.05) is 6.07 Å². The Morgan fingerprint density at radius 2 is 2.05 bits per heavy atom. The number of hydrogen-bond donors (Lipinski definition) is 2. The minimum Gasteiger partial charge on any atom is -0.360 e. The third kappa shape index (κ3) is 4.29. The first-order valence-electron chi connectivity index (χ1n) is 6.13. The van der Waals surface area contributed by atoms with Crippen molar-refractivity contribution in [3.63, 3.8) is 0 Å². The van der Waals surface area contributed by atoms with Gasteiger partial charge >= 0.3 is 0 Å². The smallest absolute Gasteiger partial charge is 0.258 e. The van der Waals surface area contributed by atoms with Crippen LogP contribution in [0, 0.1) is 3.57 Å². The van der Waals surface area contributed by atoms with E-state index in [0.717, 1.165) is 16.4 Å². The lowest BCUT2D eigenvalue weighted by Gasteiger charge is -2.15. The van der Waals surface area contributed by atoms with Gasteiger partial charge < -0.3 is 5.32 Å². The Hall–Kier alpha value is -0.400. The van der Waals surface area contributed by atoms with E-state index in [-0.39, 0.29) is 5.91 Å². The van der Waals surface area contributed by atoms with Crippen molar-refractivity contribution in [3.8, 4) is 0 Å². The van der Waals surface area contributed by atoms with Crippen LogP contribution >= 0.6 is 46.4 Å². The third-order valence-corrected chi connectivity index (χ3v) is 4.31. The summed E-state index contributed by atoms with van der Waals surface area (Å²) in [6.45, 7) is 0. The van der Waals surface area contributed by atoms with Crippen LogP contribution in [0.4, 0.5) is 0 Å². The summed E-state index contributed by atoms with van der Waals surface area (Å²) in [4.78, 5) is 12.1. The first-order chi connectivity index (χ1) is 9.06. The van der Waals surface area contributed by atoms with Crippen molar-refractivity contribution in [3.05, 3.63) is 32.4 Å². The van der Waals surface area contributed by atoms with Crippen LogP contribution in [-0.2, 0) is 0 Å². The molecule has 0 aromatic heterocycles. The van der Waals surface area contributed by atoms with E-state index in [9.17, 15) is 4.79 Å². The summed E-state index contributed by atoms with van der Waals surface area (Å²) in [5.74, 6) is -0.265. The maximum Gasteiger partial charge on any atom is 0.258 e. The van der Waals surface area contributed by atoms with E-state index in [1.54, 1.807) is 12.1 Å². The van der Waals surface area contributed by atoms with Gasteiger partial charge in [-0.3, -0.25) is 10.1 Å². The fraction of sp³-hybridized carbons (Fsp3) is 0.385. The minimum atomic E-state index is -0.265. The van der Waals surface area contributed by atoms with Gasteiger partial charge in [0.05, 0.1) is 10.6 Å². The SMILES string of the molecule is O=C(NC(=S)NC1CCCC1)c1cc(I)ccc1Cl. The predicted octanol–water partition coefficient (Wildman–Crippen LogP) is 3.49. The van der Waals surface area contributed by atoms with Gasteiger partial charge in [-0.2, -0.15) is 0 Å². The van der Waals surface area contributed by atoms with Gasteiger partial charge in [0.1, 0.15) is 0 Å². The molecule has 3 nitrogen and oxygen atoms in total. The summed E-state index contributed by atoms with van der Waals surface area (Å²) in [5, 5.41) is 6.67. The average Bonchev–Trinajstić information content (AvgIpc) is 2.84. The number of halogens is 2. The summed E-state index contributed by atoms with van der Waals surface area (Å²) >= 11 is 13.3. The first-order valence-corrected chi connectivity index (χ1v) is 7.99. The van der Waals surface area contributed by atoms with E-state index in [1.165, 1.54) is 12.8 Å². The Balaban J connectivity index is 1.96. The van der Waals surface area contributed by atoms with Crippen molar-refractivity contribution in [1.29, 1.82) is 0 Å². The van der Waals surface area contributed by atoms with Crippen LogP contribution in [0.2, 0.25) is 5.02 Å². The maximum absolute atomic E-state index is 12.1. The molecule has 2 rings (SSSR count). The van der Waals surface area contributed by atoms with E-state index in [0.29, 0.717) is 21.7 Å². The monoisotopic (exact) mass is 408 g/mol. The molecule has 1 aliphatic carbocycles. The molecule has 0 bridgehead atoms. The maximum atomic E-state index is 12.1. The van der Waals surface area contributed by atoms with Crippen LogP contribution in [0.15, 0.2) is 18.2 Å². The van der Waals surface area contributed by atoms with E-state index in [2.05, 4.69) is 33.2 Å². The van der Waals surface area contributed by atoms with Crippen LogP contribution in [0.3, 0.4) is 0 Å². The van der Waals surface area contributed by atoms with Gasteiger partial charge in [-0.1, -0.05) is 24.4 Å². The number of carbonyl (C=O) groups excluding carboxylic acids is 1. The highest BCUT2D eigenvalue weighted by atomic mass is 127. The summed E-state index contributed by atoms with van der Waals surface area (Å²) in [5.41, 5.74) is 0.448. The summed E-state index contributed by atoms with van der Waals surface area (Å²) in [7, 11) is 0. The fourth-order valence-corrected chi connectivity index (χ4v) is 3.09. The molecule has 1 aromatic rings. The molecule has 102 valence electrons. The number of benzene rings is 1. The highest BCUT2D eigenvalue weighted by Crippen LogP contribution is 2.19. The summed E-state index contributed by atoms with van der Waals surface area (Å²) in [6.07, 6.45) is 4.66. The Morgan fingerprint density at radius 3 is 2.74 bits per heavy atom. The first kappa shape index (κ1) is 15.0. The Morgan fingerprint density at radius 1 is 1.37 bits per heavy atom. The molecule has 0 heterocycles. The molecule has 0 radical (unpaired) electrons. The van der Waals surface area contributed by atoms with Crippen LogP contribution < -0.4 is 10.6 Å². The highest BCUT2D eigenvalue weighted by molar-refractivity contribution is 14.1. The second kappa shape index (κ2) is 6.85. The molecule has 0 unspecified atom stereocenters. The van der Waals surface area contributed by atoms with Crippen molar-refractivity contribution in [1.82, 2.24) is 10.6 Å². The third-order valence-electron chi connectivity index (χ3n) is 3.09. The fourth-order valence-electron chi connectivity index (χ4n) is 2.13. The summed E-state index contributed by atoms with van der Waals surface area (Å²) < 4.78 is 0.960. The zero-order chi connectivity index (χ0) is 13.8. The van der Waals surface area contributed by atoms with Gasteiger partial charge in [0.25, 0.3) is 5.91 Å². The van der Waals surface area contributed by atoms with Gasteiger partial charge in [-0.25, -0.2) is 0 Å². The molecule has 1 aliphatic rings. The molecule has 1 aromatic carbocycles. The van der Waals surface area contributed by atoms with E-state index in [4.69, 9.17) is 23.8 Å². The molecule has 6 heteroatoms. The molecule has 1 amide bonds. The standard InChI is InChI=1S/C13H14ClIN2OS/c14-11-6-5-8(15)7-10(11)12(18)17-13(19)16-9-3-1-2-4-9/h5-7,9H,1-4H2,(H2,16,17,18,19). The molecule has 1 fully saturated rings. The second-order valence-electron chi connectivity index (χ2n) is 4.53. The Kier molecular flexibility index (Phi) is 5.41. The molecule has 0 atom stereocenters. The minimum absolute atomic E-state index is 0.265.